The fourth-order valence-electron chi connectivity index (χ4n) is 3.04. The van der Waals surface area contributed by atoms with Crippen molar-refractivity contribution >= 4 is 5.91 Å². The van der Waals surface area contributed by atoms with Crippen LogP contribution in [0.15, 0.2) is 41.2 Å². The molecule has 1 N–H and O–H groups in total. The van der Waals surface area contributed by atoms with Crippen LogP contribution in [0, 0.1) is 5.82 Å². The molecule has 0 saturated carbocycles. The first kappa shape index (κ1) is 17.3. The first-order valence-electron chi connectivity index (χ1n) is 8.48. The minimum atomic E-state index is -0.396. The minimum Gasteiger partial charge on any atom is -0.333 e. The fourth-order valence-corrected chi connectivity index (χ4v) is 3.04. The van der Waals surface area contributed by atoms with Crippen LogP contribution < -0.4 is 10.9 Å². The Kier molecular flexibility index (Phi) is 5.23. The maximum absolute atomic E-state index is 13.1. The van der Waals surface area contributed by atoms with Crippen molar-refractivity contribution in [3.63, 3.8) is 0 Å². The van der Waals surface area contributed by atoms with Crippen molar-refractivity contribution < 1.29 is 9.18 Å². The topological polar surface area (TPSA) is 67.2 Å². The van der Waals surface area contributed by atoms with Crippen LogP contribution in [0.25, 0.3) is 5.69 Å². The molecule has 2 heterocycles. The third-order valence-electron chi connectivity index (χ3n) is 4.29. The van der Waals surface area contributed by atoms with E-state index in [9.17, 15) is 14.0 Å². The molecule has 3 rings (SSSR count). The molecule has 2 aromatic rings. The molecule has 6 nitrogen and oxygen atoms in total. The molecule has 132 valence electrons. The molecule has 0 bridgehead atoms. The van der Waals surface area contributed by atoms with E-state index in [4.69, 9.17) is 0 Å². The predicted molar refractivity (Wildman–Crippen MR) is 92.4 cm³/mol. The summed E-state index contributed by atoms with van der Waals surface area (Å²) < 4.78 is 14.2. The van der Waals surface area contributed by atoms with Crippen LogP contribution in [0.2, 0.25) is 0 Å². The molecule has 0 radical (unpaired) electrons. The van der Waals surface area contributed by atoms with Crippen LogP contribution in [0.4, 0.5) is 4.39 Å². The lowest BCUT2D eigenvalue weighted by molar-refractivity contribution is 0.0684. The third-order valence-corrected chi connectivity index (χ3v) is 4.29. The highest BCUT2D eigenvalue weighted by molar-refractivity contribution is 5.92. The number of aromatic nitrogens is 2. The summed E-state index contributed by atoms with van der Waals surface area (Å²) in [7, 11) is 0. The van der Waals surface area contributed by atoms with Gasteiger partial charge in [-0.1, -0.05) is 6.92 Å². The van der Waals surface area contributed by atoms with Gasteiger partial charge < -0.3 is 10.2 Å². The van der Waals surface area contributed by atoms with Crippen LogP contribution in [-0.4, -0.2) is 46.3 Å². The highest BCUT2D eigenvalue weighted by Crippen LogP contribution is 2.13. The summed E-state index contributed by atoms with van der Waals surface area (Å²) in [5.41, 5.74) is 0.266. The first-order valence-corrected chi connectivity index (χ1v) is 8.48. The summed E-state index contributed by atoms with van der Waals surface area (Å²) in [6.07, 6.45) is 1.75. The Morgan fingerprint density at radius 1 is 1.32 bits per heavy atom. The molecule has 25 heavy (non-hydrogen) atoms. The molecule has 1 amide bonds. The molecular formula is C18H21FN4O2. The standard InChI is InChI=1S/C18H21FN4O2/c1-2-11-22(15-9-10-20-12-15)18(25)16-7-8-17(24)23(21-16)14-5-3-13(19)4-6-14/h3-8,15,20H,2,9-12H2,1H3. The summed E-state index contributed by atoms with van der Waals surface area (Å²) in [6.45, 7) is 4.32. The molecule has 1 aromatic carbocycles. The van der Waals surface area contributed by atoms with Crippen molar-refractivity contribution in [1.29, 1.82) is 0 Å². The summed E-state index contributed by atoms with van der Waals surface area (Å²) in [5, 5.41) is 7.48. The van der Waals surface area contributed by atoms with Gasteiger partial charge in [0.15, 0.2) is 0 Å². The maximum atomic E-state index is 13.1. The largest absolute Gasteiger partial charge is 0.333 e. The summed E-state index contributed by atoms with van der Waals surface area (Å²) >= 11 is 0. The minimum absolute atomic E-state index is 0.139. The van der Waals surface area contributed by atoms with Crippen LogP contribution in [0.1, 0.15) is 30.3 Å². The van der Waals surface area contributed by atoms with E-state index in [1.807, 2.05) is 11.8 Å². The van der Waals surface area contributed by atoms with Crippen LogP contribution in [0.5, 0.6) is 0 Å². The van der Waals surface area contributed by atoms with Crippen molar-refractivity contribution in [1.82, 2.24) is 20.0 Å². The van der Waals surface area contributed by atoms with Gasteiger partial charge in [0.05, 0.1) is 5.69 Å². The average molecular weight is 344 g/mol. The smallest absolute Gasteiger partial charge is 0.274 e. The fraction of sp³-hybridized carbons (Fsp3) is 0.389. The van der Waals surface area contributed by atoms with Crippen molar-refractivity contribution in [3.8, 4) is 5.69 Å². The summed E-state index contributed by atoms with van der Waals surface area (Å²) in [6, 6.07) is 8.35. The van der Waals surface area contributed by atoms with Gasteiger partial charge in [-0.2, -0.15) is 9.78 Å². The number of hydrogen-bond donors (Lipinski definition) is 1. The third kappa shape index (κ3) is 3.76. The van der Waals surface area contributed by atoms with Crippen LogP contribution >= 0.6 is 0 Å². The number of benzene rings is 1. The van der Waals surface area contributed by atoms with Crippen molar-refractivity contribution in [2.45, 2.75) is 25.8 Å². The molecule has 1 aliphatic rings. The second kappa shape index (κ2) is 7.57. The van der Waals surface area contributed by atoms with Gasteiger partial charge in [0.2, 0.25) is 0 Å². The molecule has 7 heteroatoms. The molecule has 1 atom stereocenters. The van der Waals surface area contributed by atoms with Gasteiger partial charge in [0.25, 0.3) is 11.5 Å². The molecule has 0 aliphatic carbocycles. The Balaban J connectivity index is 1.93. The van der Waals surface area contributed by atoms with E-state index in [0.29, 0.717) is 12.2 Å². The zero-order valence-corrected chi connectivity index (χ0v) is 14.1. The van der Waals surface area contributed by atoms with E-state index in [1.54, 1.807) is 0 Å². The Hall–Kier alpha value is -2.54. The second-order valence-electron chi connectivity index (χ2n) is 6.09. The van der Waals surface area contributed by atoms with Crippen molar-refractivity contribution in [2.24, 2.45) is 0 Å². The number of nitrogens with one attached hydrogen (secondary N) is 1. The Bertz CT molecular complexity index is 797. The van der Waals surface area contributed by atoms with Gasteiger partial charge in [0.1, 0.15) is 11.5 Å². The molecule has 1 aromatic heterocycles. The highest BCUT2D eigenvalue weighted by atomic mass is 19.1. The highest BCUT2D eigenvalue weighted by Gasteiger charge is 2.27. The van der Waals surface area contributed by atoms with E-state index >= 15 is 0 Å². The van der Waals surface area contributed by atoms with Gasteiger partial charge in [0, 0.05) is 25.2 Å². The monoisotopic (exact) mass is 344 g/mol. The quantitative estimate of drug-likeness (QED) is 0.894. The Morgan fingerprint density at radius 2 is 2.08 bits per heavy atom. The van der Waals surface area contributed by atoms with E-state index < -0.39 is 5.82 Å². The number of carbonyl (C=O) groups is 1. The number of nitrogens with zero attached hydrogens (tertiary/aromatic N) is 3. The maximum Gasteiger partial charge on any atom is 0.274 e. The van der Waals surface area contributed by atoms with E-state index in [1.165, 1.54) is 36.4 Å². The molecular weight excluding hydrogens is 323 g/mol. The lowest BCUT2D eigenvalue weighted by Crippen LogP contribution is -2.43. The molecule has 1 saturated heterocycles. The Morgan fingerprint density at radius 3 is 2.72 bits per heavy atom. The van der Waals surface area contributed by atoms with E-state index in [0.717, 1.165) is 30.6 Å². The number of halogens is 1. The number of amides is 1. The predicted octanol–water partition coefficient (Wildman–Crippen LogP) is 1.59. The van der Waals surface area contributed by atoms with Crippen LogP contribution in [0.3, 0.4) is 0 Å². The van der Waals surface area contributed by atoms with Gasteiger partial charge in [-0.25, -0.2) is 4.39 Å². The summed E-state index contributed by atoms with van der Waals surface area (Å²) in [4.78, 5) is 26.9. The van der Waals surface area contributed by atoms with E-state index in [2.05, 4.69) is 10.4 Å². The second-order valence-corrected chi connectivity index (χ2v) is 6.09. The first-order chi connectivity index (χ1) is 12.1. The SMILES string of the molecule is CCCN(C(=O)c1ccc(=O)n(-c2ccc(F)cc2)n1)C1CCNC1. The van der Waals surface area contributed by atoms with Crippen molar-refractivity contribution in [2.75, 3.05) is 19.6 Å². The van der Waals surface area contributed by atoms with Gasteiger partial charge >= 0.3 is 0 Å². The Labute approximate surface area is 145 Å². The number of hydrogen-bond acceptors (Lipinski definition) is 4. The lowest BCUT2D eigenvalue weighted by atomic mass is 10.2. The number of carbonyl (C=O) groups excluding carboxylic acids is 1. The summed E-state index contributed by atoms with van der Waals surface area (Å²) in [5.74, 6) is -0.585. The zero-order chi connectivity index (χ0) is 17.8. The average Bonchev–Trinajstić information content (AvgIpc) is 3.15. The van der Waals surface area contributed by atoms with Gasteiger partial charge in [-0.3, -0.25) is 9.59 Å². The van der Waals surface area contributed by atoms with Gasteiger partial charge in [-0.15, -0.1) is 0 Å². The van der Waals surface area contributed by atoms with Crippen LogP contribution in [-0.2, 0) is 0 Å². The van der Waals surface area contributed by atoms with Crippen molar-refractivity contribution in [3.05, 3.63) is 58.3 Å². The molecule has 1 fully saturated rings. The van der Waals surface area contributed by atoms with Gasteiger partial charge in [-0.05, 0) is 49.7 Å². The zero-order valence-electron chi connectivity index (χ0n) is 14.1. The normalized spacial score (nSPS) is 16.8. The van der Waals surface area contributed by atoms with E-state index in [-0.39, 0.29) is 23.2 Å². The lowest BCUT2D eigenvalue weighted by Gasteiger charge is -2.28. The molecule has 1 unspecified atom stereocenters. The number of rotatable bonds is 5. The molecule has 1 aliphatic heterocycles. The molecule has 0 spiro atoms.